The van der Waals surface area contributed by atoms with Gasteiger partial charge in [0.25, 0.3) is 0 Å². The minimum atomic E-state index is -0.677. The molecular formula is C7H15NaO2. The van der Waals surface area contributed by atoms with Gasteiger partial charge in [0.05, 0.1) is 5.92 Å². The Morgan fingerprint density at radius 3 is 2.40 bits per heavy atom. The first kappa shape index (κ1) is 13.1. The van der Waals surface area contributed by atoms with Crippen molar-refractivity contribution in [1.29, 1.82) is 0 Å². The Balaban J connectivity index is 0. The van der Waals surface area contributed by atoms with Gasteiger partial charge in [0.15, 0.2) is 0 Å². The second-order valence-electron chi connectivity index (χ2n) is 2.38. The quantitative estimate of drug-likeness (QED) is 0.619. The first-order valence-electron chi connectivity index (χ1n) is 3.41. The Bertz CT molecular complexity index is 93.6. The van der Waals surface area contributed by atoms with Crippen molar-refractivity contribution in [3.63, 3.8) is 0 Å². The molecule has 0 aromatic carbocycles. The molecule has 2 nitrogen and oxygen atoms in total. The Morgan fingerprint density at radius 2 is 2.10 bits per heavy atom. The molecule has 0 aromatic heterocycles. The van der Waals surface area contributed by atoms with E-state index in [0.29, 0.717) is 0 Å². The van der Waals surface area contributed by atoms with Crippen LogP contribution in [0, 0.1) is 5.92 Å². The molecule has 1 N–H and O–H groups in total. The summed E-state index contributed by atoms with van der Waals surface area (Å²) in [4.78, 5) is 10.2. The topological polar surface area (TPSA) is 37.3 Å². The van der Waals surface area contributed by atoms with Crippen LogP contribution in [0.25, 0.3) is 0 Å². The van der Waals surface area contributed by atoms with Gasteiger partial charge < -0.3 is 5.11 Å². The molecule has 0 saturated heterocycles. The van der Waals surface area contributed by atoms with Gasteiger partial charge in [-0.1, -0.05) is 26.7 Å². The van der Waals surface area contributed by atoms with Gasteiger partial charge in [-0.25, -0.2) is 0 Å². The second kappa shape index (κ2) is 7.58. The van der Waals surface area contributed by atoms with Gasteiger partial charge in [0.1, 0.15) is 0 Å². The normalized spacial score (nSPS) is 11.8. The fourth-order valence-electron chi connectivity index (χ4n) is 0.634. The summed E-state index contributed by atoms with van der Waals surface area (Å²) in [6.07, 6.45) is 2.91. The van der Waals surface area contributed by atoms with Crippen LogP contribution in [0.15, 0.2) is 0 Å². The fourth-order valence-corrected chi connectivity index (χ4v) is 0.634. The predicted octanol–water partition coefficient (Wildman–Crippen LogP) is 1.25. The third-order valence-electron chi connectivity index (χ3n) is 1.41. The average molecular weight is 154 g/mol. The Labute approximate surface area is 84.3 Å². The molecule has 56 valence electrons. The molecular weight excluding hydrogens is 139 g/mol. The number of unbranched alkanes of at least 4 members (excludes halogenated alkanes) is 1. The van der Waals surface area contributed by atoms with Gasteiger partial charge in [0, 0.05) is 0 Å². The summed E-state index contributed by atoms with van der Waals surface area (Å²) in [6, 6.07) is 0. The van der Waals surface area contributed by atoms with E-state index in [-0.39, 0.29) is 35.5 Å². The van der Waals surface area contributed by atoms with Gasteiger partial charge in [-0.3, -0.25) is 4.79 Å². The monoisotopic (exact) mass is 154 g/mol. The Morgan fingerprint density at radius 1 is 1.60 bits per heavy atom. The third-order valence-corrected chi connectivity index (χ3v) is 1.41. The second-order valence-corrected chi connectivity index (χ2v) is 2.38. The van der Waals surface area contributed by atoms with Crippen LogP contribution in [0.3, 0.4) is 0 Å². The number of hydrogen-bond donors (Lipinski definition) is 1. The summed E-state index contributed by atoms with van der Waals surface area (Å²) >= 11 is 0. The number of carboxylic acid groups (broad SMARTS) is 1. The van der Waals surface area contributed by atoms with Gasteiger partial charge in [-0.15, -0.1) is 0 Å². The van der Waals surface area contributed by atoms with Gasteiger partial charge in [-0.2, -0.15) is 0 Å². The van der Waals surface area contributed by atoms with Crippen molar-refractivity contribution in [3.05, 3.63) is 0 Å². The molecule has 0 radical (unpaired) electrons. The average Bonchev–Trinajstić information content (AvgIpc) is 1.82. The van der Waals surface area contributed by atoms with Crippen molar-refractivity contribution in [2.24, 2.45) is 5.92 Å². The maximum absolute atomic E-state index is 10.2. The van der Waals surface area contributed by atoms with Gasteiger partial charge in [0.2, 0.25) is 0 Å². The van der Waals surface area contributed by atoms with E-state index in [4.69, 9.17) is 5.11 Å². The van der Waals surface area contributed by atoms with E-state index < -0.39 is 5.97 Å². The van der Waals surface area contributed by atoms with Crippen LogP contribution in [-0.2, 0) is 4.79 Å². The predicted molar refractivity (Wildman–Crippen MR) is 43.5 cm³/mol. The van der Waals surface area contributed by atoms with Crippen molar-refractivity contribution in [1.82, 2.24) is 0 Å². The zero-order valence-electron chi connectivity index (χ0n) is 6.05. The molecule has 3 heteroatoms. The fraction of sp³-hybridized carbons (Fsp3) is 0.857. The third kappa shape index (κ3) is 6.59. The first-order chi connectivity index (χ1) is 4.18. The van der Waals surface area contributed by atoms with Crippen LogP contribution < -0.4 is 0 Å². The molecule has 0 spiro atoms. The van der Waals surface area contributed by atoms with E-state index in [1.165, 1.54) is 0 Å². The molecule has 0 aliphatic carbocycles. The van der Waals surface area contributed by atoms with Gasteiger partial charge >= 0.3 is 35.5 Å². The summed E-state index contributed by atoms with van der Waals surface area (Å²) in [5.74, 6) is -0.839. The van der Waals surface area contributed by atoms with Crippen LogP contribution in [0.5, 0.6) is 0 Å². The van der Waals surface area contributed by atoms with Crippen molar-refractivity contribution in [2.75, 3.05) is 0 Å². The number of hydrogen-bond acceptors (Lipinski definition) is 1. The van der Waals surface area contributed by atoms with E-state index in [0.717, 1.165) is 19.3 Å². The molecule has 0 aliphatic heterocycles. The molecule has 1 atom stereocenters. The standard InChI is InChI=1S/C7H14O2.Na.H/c1-3-4-5-6(2)7(8)9;;/h6H,3-5H2,1-2H3,(H,8,9);;. The minimum absolute atomic E-state index is 0. The summed E-state index contributed by atoms with van der Waals surface area (Å²) in [5, 5.41) is 8.41. The maximum atomic E-state index is 10.2. The molecule has 10 heavy (non-hydrogen) atoms. The van der Waals surface area contributed by atoms with Crippen molar-refractivity contribution >= 4 is 35.5 Å². The van der Waals surface area contributed by atoms with E-state index in [1.807, 2.05) is 0 Å². The molecule has 0 saturated carbocycles. The van der Waals surface area contributed by atoms with Crippen LogP contribution in [-0.4, -0.2) is 40.6 Å². The number of rotatable bonds is 4. The Kier molecular flexibility index (Phi) is 9.92. The zero-order chi connectivity index (χ0) is 7.28. The van der Waals surface area contributed by atoms with E-state index in [2.05, 4.69) is 6.92 Å². The SMILES string of the molecule is CCCCC(C)C(=O)O.[NaH]. The molecule has 0 amide bonds. The van der Waals surface area contributed by atoms with E-state index in [1.54, 1.807) is 6.92 Å². The van der Waals surface area contributed by atoms with E-state index >= 15 is 0 Å². The molecule has 0 aromatic rings. The number of carboxylic acids is 1. The van der Waals surface area contributed by atoms with Crippen LogP contribution in [0.2, 0.25) is 0 Å². The number of carbonyl (C=O) groups is 1. The van der Waals surface area contributed by atoms with Gasteiger partial charge in [-0.05, 0) is 6.42 Å². The molecule has 0 fully saturated rings. The Hall–Kier alpha value is 0.470. The first-order valence-corrected chi connectivity index (χ1v) is 3.41. The van der Waals surface area contributed by atoms with Crippen LogP contribution >= 0.6 is 0 Å². The molecule has 1 unspecified atom stereocenters. The van der Waals surface area contributed by atoms with Crippen LogP contribution in [0.4, 0.5) is 0 Å². The summed E-state index contributed by atoms with van der Waals surface area (Å²) in [6.45, 7) is 3.81. The number of aliphatic carboxylic acids is 1. The summed E-state index contributed by atoms with van der Waals surface area (Å²) in [5.41, 5.74) is 0. The van der Waals surface area contributed by atoms with Crippen LogP contribution in [0.1, 0.15) is 33.1 Å². The molecule has 0 rings (SSSR count). The van der Waals surface area contributed by atoms with E-state index in [9.17, 15) is 4.79 Å². The van der Waals surface area contributed by atoms with Crippen molar-refractivity contribution in [2.45, 2.75) is 33.1 Å². The summed E-state index contributed by atoms with van der Waals surface area (Å²) < 4.78 is 0. The van der Waals surface area contributed by atoms with Crippen molar-refractivity contribution in [3.8, 4) is 0 Å². The zero-order valence-corrected chi connectivity index (χ0v) is 6.05. The molecule has 0 heterocycles. The molecule has 0 aliphatic rings. The van der Waals surface area contributed by atoms with Crippen molar-refractivity contribution < 1.29 is 9.90 Å². The molecule has 0 bridgehead atoms. The summed E-state index contributed by atoms with van der Waals surface area (Å²) in [7, 11) is 0.